The molecule has 0 bridgehead atoms. The van der Waals surface area contributed by atoms with Crippen molar-refractivity contribution in [1.82, 2.24) is 9.38 Å². The van der Waals surface area contributed by atoms with Gasteiger partial charge in [-0.15, -0.1) is 0 Å². The molecule has 2 aromatic rings. The lowest BCUT2D eigenvalue weighted by molar-refractivity contribution is 0.256. The summed E-state index contributed by atoms with van der Waals surface area (Å²) in [5.41, 5.74) is 7.49. The van der Waals surface area contributed by atoms with Gasteiger partial charge in [0.05, 0.1) is 17.4 Å². The van der Waals surface area contributed by atoms with E-state index < -0.39 is 11.5 Å². The summed E-state index contributed by atoms with van der Waals surface area (Å²) in [5, 5.41) is 0. The summed E-state index contributed by atoms with van der Waals surface area (Å²) in [6.45, 7) is 9.44. The molecule has 146 valence electrons. The van der Waals surface area contributed by atoms with Crippen LogP contribution in [0.2, 0.25) is 0 Å². The summed E-state index contributed by atoms with van der Waals surface area (Å²) < 4.78 is 16.4. The number of nitrogens with zero attached hydrogens (tertiary/aromatic N) is 2. The standard InChI is InChI=1S/C20H27FN4O2/c1-10-16(24-7-13(11(2)22)20(3,4)9-24)14(21)8-25-17(10)15(12-5-6-12)18(26)23-19(25)27/h8,11-13H,5-7,9,22H2,1-4H3,(H,23,26,27). The highest BCUT2D eigenvalue weighted by Crippen LogP contribution is 2.44. The Bertz CT molecular complexity index is 1030. The Morgan fingerprint density at radius 1 is 1.33 bits per heavy atom. The molecule has 0 amide bonds. The highest BCUT2D eigenvalue weighted by atomic mass is 19.1. The molecule has 0 radical (unpaired) electrons. The van der Waals surface area contributed by atoms with Crippen LogP contribution in [0, 0.1) is 24.1 Å². The Morgan fingerprint density at radius 2 is 2.00 bits per heavy atom. The Morgan fingerprint density at radius 3 is 2.56 bits per heavy atom. The van der Waals surface area contributed by atoms with Crippen molar-refractivity contribution in [3.8, 4) is 0 Å². The fourth-order valence-corrected chi connectivity index (χ4v) is 4.88. The molecular formula is C20H27FN4O2. The van der Waals surface area contributed by atoms with E-state index in [4.69, 9.17) is 5.73 Å². The predicted molar refractivity (Wildman–Crippen MR) is 104 cm³/mol. The van der Waals surface area contributed by atoms with Gasteiger partial charge >= 0.3 is 5.69 Å². The summed E-state index contributed by atoms with van der Waals surface area (Å²) in [4.78, 5) is 29.1. The number of aromatic amines is 1. The maximum atomic E-state index is 15.1. The summed E-state index contributed by atoms with van der Waals surface area (Å²) in [6.07, 6.45) is 3.06. The highest BCUT2D eigenvalue weighted by Gasteiger charge is 2.42. The molecule has 2 unspecified atom stereocenters. The van der Waals surface area contributed by atoms with Crippen LogP contribution in [-0.2, 0) is 0 Å². The molecule has 3 N–H and O–H groups in total. The van der Waals surface area contributed by atoms with E-state index in [0.29, 0.717) is 35.4 Å². The molecule has 2 fully saturated rings. The number of aryl methyl sites for hydroxylation is 1. The molecule has 0 spiro atoms. The smallest absolute Gasteiger partial charge is 0.333 e. The van der Waals surface area contributed by atoms with Crippen molar-refractivity contribution < 1.29 is 4.39 Å². The third kappa shape index (κ3) is 2.79. The molecule has 1 aliphatic carbocycles. The van der Waals surface area contributed by atoms with Gasteiger partial charge in [-0.25, -0.2) is 9.18 Å². The first kappa shape index (κ1) is 18.2. The molecule has 6 nitrogen and oxygen atoms in total. The Kier molecular flexibility index (Phi) is 4.00. The van der Waals surface area contributed by atoms with Gasteiger partial charge in [0.1, 0.15) is 0 Å². The van der Waals surface area contributed by atoms with Gasteiger partial charge in [-0.05, 0) is 43.9 Å². The van der Waals surface area contributed by atoms with Crippen LogP contribution in [0.3, 0.4) is 0 Å². The molecule has 1 aliphatic heterocycles. The van der Waals surface area contributed by atoms with Crippen LogP contribution in [0.25, 0.3) is 5.52 Å². The number of hydrogen-bond acceptors (Lipinski definition) is 4. The summed E-state index contributed by atoms with van der Waals surface area (Å²) >= 11 is 0. The number of aromatic nitrogens is 2. The van der Waals surface area contributed by atoms with Gasteiger partial charge in [0.25, 0.3) is 5.56 Å². The second-order valence-electron chi connectivity index (χ2n) is 8.95. The lowest BCUT2D eigenvalue weighted by Crippen LogP contribution is -2.36. The number of hydrogen-bond donors (Lipinski definition) is 2. The average Bonchev–Trinajstić information content (AvgIpc) is 3.32. The fourth-order valence-electron chi connectivity index (χ4n) is 4.88. The van der Waals surface area contributed by atoms with E-state index in [2.05, 4.69) is 18.8 Å². The van der Waals surface area contributed by atoms with Crippen LogP contribution in [0.1, 0.15) is 50.7 Å². The van der Waals surface area contributed by atoms with E-state index in [9.17, 15) is 9.59 Å². The van der Waals surface area contributed by atoms with Crippen LogP contribution >= 0.6 is 0 Å². The molecule has 1 saturated heterocycles. The summed E-state index contributed by atoms with van der Waals surface area (Å²) in [7, 11) is 0. The number of nitrogens with two attached hydrogens (primary N) is 1. The number of rotatable bonds is 3. The van der Waals surface area contributed by atoms with Gasteiger partial charge in [-0.3, -0.25) is 14.2 Å². The normalized spacial score (nSPS) is 23.2. The molecule has 1 saturated carbocycles. The molecule has 2 atom stereocenters. The molecule has 0 aromatic carbocycles. The molecular weight excluding hydrogens is 347 g/mol. The predicted octanol–water partition coefficient (Wildman–Crippen LogP) is 2.12. The Hall–Kier alpha value is -2.15. The van der Waals surface area contributed by atoms with E-state index in [0.717, 1.165) is 12.8 Å². The van der Waals surface area contributed by atoms with Crippen LogP contribution < -0.4 is 21.9 Å². The number of fused-ring (bicyclic) bond motifs is 1. The Balaban J connectivity index is 1.94. The van der Waals surface area contributed by atoms with E-state index in [-0.39, 0.29) is 28.9 Å². The van der Waals surface area contributed by atoms with Crippen molar-refractivity contribution in [3.05, 3.63) is 44.0 Å². The van der Waals surface area contributed by atoms with Gasteiger partial charge in [-0.2, -0.15) is 0 Å². The first-order valence-corrected chi connectivity index (χ1v) is 9.60. The summed E-state index contributed by atoms with van der Waals surface area (Å²) in [5.74, 6) is -0.0676. The van der Waals surface area contributed by atoms with Crippen LogP contribution in [-0.4, -0.2) is 28.5 Å². The minimum Gasteiger partial charge on any atom is -0.368 e. The van der Waals surface area contributed by atoms with E-state index in [1.807, 2.05) is 18.7 Å². The molecule has 27 heavy (non-hydrogen) atoms. The van der Waals surface area contributed by atoms with Gasteiger partial charge in [0, 0.05) is 30.3 Å². The number of H-pyrrole nitrogens is 1. The zero-order chi connectivity index (χ0) is 19.7. The molecule has 2 aromatic heterocycles. The number of nitrogens with one attached hydrogen (secondary N) is 1. The van der Waals surface area contributed by atoms with Crippen molar-refractivity contribution >= 4 is 11.2 Å². The SMILES string of the molecule is Cc1c(N2CC(C(C)N)C(C)(C)C2)c(F)cn2c(=O)[nH]c(=O)c(C3CC3)c12. The maximum Gasteiger partial charge on any atom is 0.333 e. The first-order valence-electron chi connectivity index (χ1n) is 9.60. The molecule has 4 rings (SSSR count). The average molecular weight is 374 g/mol. The number of anilines is 1. The van der Waals surface area contributed by atoms with Crippen LogP contribution in [0.5, 0.6) is 0 Å². The molecule has 7 heteroatoms. The second kappa shape index (κ2) is 5.92. The van der Waals surface area contributed by atoms with Crippen molar-refractivity contribution in [1.29, 1.82) is 0 Å². The maximum absolute atomic E-state index is 15.1. The van der Waals surface area contributed by atoms with Gasteiger partial charge < -0.3 is 10.6 Å². The third-order valence-electron chi connectivity index (χ3n) is 6.31. The molecule has 3 heterocycles. The second-order valence-corrected chi connectivity index (χ2v) is 8.95. The topological polar surface area (TPSA) is 83.6 Å². The minimum absolute atomic E-state index is 0.00122. The zero-order valence-electron chi connectivity index (χ0n) is 16.3. The van der Waals surface area contributed by atoms with Gasteiger partial charge in [-0.1, -0.05) is 13.8 Å². The quantitative estimate of drug-likeness (QED) is 0.862. The largest absolute Gasteiger partial charge is 0.368 e. The van der Waals surface area contributed by atoms with E-state index in [1.165, 1.54) is 10.6 Å². The number of halogens is 1. The van der Waals surface area contributed by atoms with Crippen molar-refractivity contribution in [2.45, 2.75) is 52.5 Å². The van der Waals surface area contributed by atoms with Crippen LogP contribution in [0.15, 0.2) is 15.8 Å². The minimum atomic E-state index is -0.594. The van der Waals surface area contributed by atoms with E-state index >= 15 is 4.39 Å². The first-order chi connectivity index (χ1) is 12.6. The molecule has 2 aliphatic rings. The highest BCUT2D eigenvalue weighted by molar-refractivity contribution is 5.72. The van der Waals surface area contributed by atoms with Crippen molar-refractivity contribution in [2.75, 3.05) is 18.0 Å². The van der Waals surface area contributed by atoms with Gasteiger partial charge in [0.2, 0.25) is 0 Å². The zero-order valence-corrected chi connectivity index (χ0v) is 16.3. The Labute approximate surface area is 157 Å². The summed E-state index contributed by atoms with van der Waals surface area (Å²) in [6, 6.07) is 0.00122. The van der Waals surface area contributed by atoms with Gasteiger partial charge in [0.15, 0.2) is 5.82 Å². The fraction of sp³-hybridized carbons (Fsp3) is 0.600. The lowest BCUT2D eigenvalue weighted by Gasteiger charge is -2.28. The monoisotopic (exact) mass is 374 g/mol. The van der Waals surface area contributed by atoms with Crippen LogP contribution in [0.4, 0.5) is 10.1 Å². The van der Waals surface area contributed by atoms with E-state index in [1.54, 1.807) is 0 Å². The third-order valence-corrected chi connectivity index (χ3v) is 6.31. The number of pyridine rings is 1. The lowest BCUT2D eigenvalue weighted by atomic mass is 9.78. The van der Waals surface area contributed by atoms with Crippen molar-refractivity contribution in [2.24, 2.45) is 17.1 Å². The van der Waals surface area contributed by atoms with Crippen molar-refractivity contribution in [3.63, 3.8) is 0 Å².